The van der Waals surface area contributed by atoms with Crippen LogP contribution in [0.1, 0.15) is 33.6 Å². The van der Waals surface area contributed by atoms with Crippen molar-refractivity contribution in [2.45, 2.75) is 33.9 Å². The summed E-state index contributed by atoms with van der Waals surface area (Å²) in [6, 6.07) is 16.2. The van der Waals surface area contributed by atoms with Crippen LogP contribution < -0.4 is 5.32 Å². The van der Waals surface area contributed by atoms with Gasteiger partial charge in [-0.05, 0) is 55.7 Å². The Morgan fingerprint density at radius 3 is 2.50 bits per heavy atom. The molecule has 0 radical (unpaired) electrons. The highest BCUT2D eigenvalue weighted by atomic mass is 16.3. The number of aliphatic hydroxyl groups excluding tert-OH is 1. The number of anilines is 1. The Bertz CT molecular complexity index is 923. The van der Waals surface area contributed by atoms with Gasteiger partial charge in [0.2, 0.25) is 0 Å². The van der Waals surface area contributed by atoms with E-state index >= 15 is 0 Å². The molecule has 3 aromatic rings. The van der Waals surface area contributed by atoms with E-state index in [1.807, 2.05) is 35.0 Å². The fraction of sp³-hybridized carbons (Fsp3) is 0.227. The summed E-state index contributed by atoms with van der Waals surface area (Å²) in [7, 11) is 0. The zero-order valence-electron chi connectivity index (χ0n) is 15.6. The maximum atomic E-state index is 9.13. The summed E-state index contributed by atoms with van der Waals surface area (Å²) in [4.78, 5) is 0. The van der Waals surface area contributed by atoms with Crippen LogP contribution >= 0.6 is 0 Å². The van der Waals surface area contributed by atoms with Crippen LogP contribution in [0.25, 0.3) is 5.70 Å². The average molecular weight is 347 g/mol. The summed E-state index contributed by atoms with van der Waals surface area (Å²) in [5, 5.41) is 17.1. The van der Waals surface area contributed by atoms with Crippen LogP contribution in [0.5, 0.6) is 0 Å². The molecule has 0 aliphatic heterocycles. The first-order valence-corrected chi connectivity index (χ1v) is 8.73. The molecule has 0 amide bonds. The lowest BCUT2D eigenvalue weighted by Gasteiger charge is -2.10. The number of benzene rings is 2. The Hall–Kier alpha value is -2.85. The quantitative estimate of drug-likeness (QED) is 0.693. The van der Waals surface area contributed by atoms with E-state index in [0.717, 1.165) is 34.9 Å². The third-order valence-electron chi connectivity index (χ3n) is 4.55. The van der Waals surface area contributed by atoms with Crippen LogP contribution in [0.2, 0.25) is 0 Å². The topological polar surface area (TPSA) is 50.1 Å². The maximum Gasteiger partial charge on any atom is 0.108 e. The van der Waals surface area contributed by atoms with Crippen LogP contribution in [0.3, 0.4) is 0 Å². The predicted octanol–water partition coefficient (Wildman–Crippen LogP) is 4.43. The number of aryl methyl sites for hydroxylation is 3. The zero-order chi connectivity index (χ0) is 18.7. The van der Waals surface area contributed by atoms with E-state index in [1.165, 1.54) is 16.7 Å². The van der Waals surface area contributed by atoms with Crippen molar-refractivity contribution in [3.8, 4) is 0 Å². The molecular weight excluding hydrogens is 322 g/mol. The normalized spacial score (nSPS) is 10.8. The molecular formula is C22H25N3O. The highest BCUT2D eigenvalue weighted by Crippen LogP contribution is 2.19. The molecule has 1 aromatic heterocycles. The van der Waals surface area contributed by atoms with Gasteiger partial charge < -0.3 is 10.4 Å². The van der Waals surface area contributed by atoms with Crippen molar-refractivity contribution >= 4 is 11.4 Å². The molecule has 0 atom stereocenters. The van der Waals surface area contributed by atoms with Crippen molar-refractivity contribution in [1.29, 1.82) is 0 Å². The lowest BCUT2D eigenvalue weighted by Crippen LogP contribution is -2.06. The molecule has 0 aliphatic carbocycles. The van der Waals surface area contributed by atoms with Gasteiger partial charge in [-0.1, -0.05) is 42.5 Å². The minimum atomic E-state index is 0.0448. The van der Waals surface area contributed by atoms with Gasteiger partial charge in [0.05, 0.1) is 18.8 Å². The molecule has 4 heteroatoms. The summed E-state index contributed by atoms with van der Waals surface area (Å²) in [5.41, 5.74) is 8.30. The standard InChI is InChI=1S/C22H25N3O/c1-15-5-6-16(2)20(11-15)13-25-17(3)12-22(24-25)18(4)23-21-9-7-19(14-26)8-10-21/h5-12,23,26H,4,13-14H2,1-3H3. The largest absolute Gasteiger partial charge is 0.392 e. The van der Waals surface area contributed by atoms with Crippen molar-refractivity contribution in [2.75, 3.05) is 5.32 Å². The molecule has 0 saturated carbocycles. The zero-order valence-corrected chi connectivity index (χ0v) is 15.6. The van der Waals surface area contributed by atoms with Crippen LogP contribution in [0.4, 0.5) is 5.69 Å². The minimum absolute atomic E-state index is 0.0448. The molecule has 0 fully saturated rings. The Kier molecular flexibility index (Phi) is 5.24. The number of aromatic nitrogens is 2. The van der Waals surface area contributed by atoms with Crippen molar-refractivity contribution in [3.63, 3.8) is 0 Å². The number of hydrogen-bond donors (Lipinski definition) is 2. The second-order valence-corrected chi connectivity index (χ2v) is 6.72. The van der Waals surface area contributed by atoms with Gasteiger partial charge in [0.15, 0.2) is 0 Å². The second-order valence-electron chi connectivity index (χ2n) is 6.72. The highest BCUT2D eigenvalue weighted by molar-refractivity contribution is 5.73. The van der Waals surface area contributed by atoms with Gasteiger partial charge in [0.1, 0.15) is 5.69 Å². The molecule has 1 heterocycles. The average Bonchev–Trinajstić information content (AvgIpc) is 3.00. The van der Waals surface area contributed by atoms with E-state index in [1.54, 1.807) is 0 Å². The first-order chi connectivity index (χ1) is 12.5. The van der Waals surface area contributed by atoms with E-state index in [4.69, 9.17) is 10.2 Å². The fourth-order valence-corrected chi connectivity index (χ4v) is 2.88. The lowest BCUT2D eigenvalue weighted by atomic mass is 10.1. The van der Waals surface area contributed by atoms with Gasteiger partial charge in [-0.25, -0.2) is 0 Å². The van der Waals surface area contributed by atoms with E-state index in [0.29, 0.717) is 0 Å². The SMILES string of the molecule is C=C(Nc1ccc(CO)cc1)c1cc(C)n(Cc2cc(C)ccc2C)n1. The van der Waals surface area contributed by atoms with Crippen molar-refractivity contribution in [1.82, 2.24) is 9.78 Å². The van der Waals surface area contributed by atoms with E-state index < -0.39 is 0 Å². The first-order valence-electron chi connectivity index (χ1n) is 8.73. The minimum Gasteiger partial charge on any atom is -0.392 e. The third-order valence-corrected chi connectivity index (χ3v) is 4.55. The summed E-state index contributed by atoms with van der Waals surface area (Å²) >= 11 is 0. The van der Waals surface area contributed by atoms with Crippen molar-refractivity contribution in [3.05, 3.63) is 88.8 Å². The first kappa shape index (κ1) is 18.0. The molecule has 3 rings (SSSR count). The van der Waals surface area contributed by atoms with Gasteiger partial charge in [-0.3, -0.25) is 4.68 Å². The molecule has 0 saturated heterocycles. The number of rotatable bonds is 6. The van der Waals surface area contributed by atoms with Crippen LogP contribution in [-0.2, 0) is 13.2 Å². The molecule has 4 nitrogen and oxygen atoms in total. The molecule has 0 bridgehead atoms. The third kappa shape index (κ3) is 4.03. The summed E-state index contributed by atoms with van der Waals surface area (Å²) in [6.45, 7) is 11.2. The Labute approximate surface area is 154 Å². The molecule has 134 valence electrons. The Balaban J connectivity index is 1.76. The summed E-state index contributed by atoms with van der Waals surface area (Å²) in [6.07, 6.45) is 0. The molecule has 2 N–H and O–H groups in total. The molecule has 26 heavy (non-hydrogen) atoms. The van der Waals surface area contributed by atoms with Gasteiger partial charge >= 0.3 is 0 Å². The maximum absolute atomic E-state index is 9.13. The number of nitrogens with zero attached hydrogens (tertiary/aromatic N) is 2. The monoisotopic (exact) mass is 347 g/mol. The highest BCUT2D eigenvalue weighted by Gasteiger charge is 2.10. The number of hydrogen-bond acceptors (Lipinski definition) is 3. The molecule has 0 spiro atoms. The summed E-state index contributed by atoms with van der Waals surface area (Å²) < 4.78 is 2.01. The smallest absolute Gasteiger partial charge is 0.108 e. The Morgan fingerprint density at radius 1 is 1.08 bits per heavy atom. The lowest BCUT2D eigenvalue weighted by molar-refractivity contribution is 0.282. The predicted molar refractivity (Wildman–Crippen MR) is 107 cm³/mol. The van der Waals surface area contributed by atoms with Gasteiger partial charge in [0, 0.05) is 11.4 Å². The fourth-order valence-electron chi connectivity index (χ4n) is 2.88. The number of aliphatic hydroxyl groups is 1. The van der Waals surface area contributed by atoms with E-state index in [9.17, 15) is 0 Å². The number of nitrogens with one attached hydrogen (secondary N) is 1. The van der Waals surface area contributed by atoms with Gasteiger partial charge in [-0.15, -0.1) is 0 Å². The van der Waals surface area contributed by atoms with Gasteiger partial charge in [0.25, 0.3) is 0 Å². The van der Waals surface area contributed by atoms with E-state index in [-0.39, 0.29) is 6.61 Å². The van der Waals surface area contributed by atoms with E-state index in [2.05, 4.69) is 50.9 Å². The van der Waals surface area contributed by atoms with Crippen molar-refractivity contribution in [2.24, 2.45) is 0 Å². The summed E-state index contributed by atoms with van der Waals surface area (Å²) in [5.74, 6) is 0. The van der Waals surface area contributed by atoms with Crippen LogP contribution in [0.15, 0.2) is 55.1 Å². The van der Waals surface area contributed by atoms with Crippen molar-refractivity contribution < 1.29 is 5.11 Å². The van der Waals surface area contributed by atoms with Crippen LogP contribution in [0, 0.1) is 20.8 Å². The second kappa shape index (κ2) is 7.58. The molecule has 2 aromatic carbocycles. The Morgan fingerprint density at radius 2 is 1.81 bits per heavy atom. The molecule has 0 unspecified atom stereocenters. The molecule has 0 aliphatic rings. The van der Waals surface area contributed by atoms with Gasteiger partial charge in [-0.2, -0.15) is 5.10 Å². The van der Waals surface area contributed by atoms with Crippen LogP contribution in [-0.4, -0.2) is 14.9 Å².